The Morgan fingerprint density at radius 1 is 1.30 bits per heavy atom. The lowest BCUT2D eigenvalue weighted by atomic mass is 10.0. The summed E-state index contributed by atoms with van der Waals surface area (Å²) in [5, 5.41) is 6.37. The highest BCUT2D eigenvalue weighted by molar-refractivity contribution is 5.78. The highest BCUT2D eigenvalue weighted by Crippen LogP contribution is 2.11. The second kappa shape index (κ2) is 8.02. The number of nitrogens with one attached hydrogen (secondary N) is 2. The molecule has 1 aliphatic heterocycles. The van der Waals surface area contributed by atoms with Gasteiger partial charge in [-0.05, 0) is 38.0 Å². The summed E-state index contributed by atoms with van der Waals surface area (Å²) in [4.78, 5) is 14.4. The number of piperidine rings is 1. The molecule has 1 saturated heterocycles. The van der Waals surface area contributed by atoms with Gasteiger partial charge in [-0.3, -0.25) is 9.69 Å². The molecule has 0 spiro atoms. The largest absolute Gasteiger partial charge is 0.351 e. The van der Waals surface area contributed by atoms with E-state index in [1.807, 2.05) is 30.3 Å². The molecule has 0 saturated carbocycles. The number of carbonyl (C=O) groups excluding carboxylic acids is 1. The van der Waals surface area contributed by atoms with Gasteiger partial charge in [0.2, 0.25) is 5.91 Å². The first-order valence-electron chi connectivity index (χ1n) is 7.55. The van der Waals surface area contributed by atoms with Crippen molar-refractivity contribution in [2.75, 3.05) is 26.2 Å². The van der Waals surface area contributed by atoms with Gasteiger partial charge in [-0.1, -0.05) is 37.3 Å². The van der Waals surface area contributed by atoms with Crippen molar-refractivity contribution in [3.8, 4) is 0 Å². The maximum absolute atomic E-state index is 12.1. The van der Waals surface area contributed by atoms with Crippen LogP contribution in [0.3, 0.4) is 0 Å². The number of nitrogens with zero attached hydrogens (tertiary/aromatic N) is 1. The second-order valence-corrected chi connectivity index (χ2v) is 5.31. The molecule has 1 aromatic carbocycles. The molecule has 4 heteroatoms. The van der Waals surface area contributed by atoms with Crippen molar-refractivity contribution in [1.29, 1.82) is 0 Å². The number of rotatable bonds is 6. The van der Waals surface area contributed by atoms with Gasteiger partial charge in [-0.25, -0.2) is 0 Å². The quantitative estimate of drug-likeness (QED) is 0.824. The number of likely N-dealkylation sites (N-methyl/N-ethyl adjacent to an activating group) is 1. The second-order valence-electron chi connectivity index (χ2n) is 5.31. The molecule has 0 aromatic heterocycles. The van der Waals surface area contributed by atoms with E-state index in [4.69, 9.17) is 0 Å². The van der Waals surface area contributed by atoms with Gasteiger partial charge in [0.15, 0.2) is 0 Å². The zero-order chi connectivity index (χ0) is 14.2. The average molecular weight is 275 g/mol. The first-order chi connectivity index (χ1) is 9.79. The molecule has 0 radical (unpaired) electrons. The number of amides is 1. The van der Waals surface area contributed by atoms with Crippen molar-refractivity contribution in [1.82, 2.24) is 15.5 Å². The number of benzene rings is 1. The van der Waals surface area contributed by atoms with Gasteiger partial charge in [0.1, 0.15) is 0 Å². The smallest absolute Gasteiger partial charge is 0.234 e. The fourth-order valence-corrected chi connectivity index (χ4v) is 2.71. The first-order valence-corrected chi connectivity index (χ1v) is 7.55. The molecule has 1 heterocycles. The summed E-state index contributed by atoms with van der Waals surface area (Å²) in [7, 11) is 0. The summed E-state index contributed by atoms with van der Waals surface area (Å²) in [6, 6.07) is 10.6. The third kappa shape index (κ3) is 4.62. The lowest BCUT2D eigenvalue weighted by molar-refractivity contribution is -0.123. The predicted octanol–water partition coefficient (Wildman–Crippen LogP) is 1.38. The highest BCUT2D eigenvalue weighted by Gasteiger charge is 2.21. The van der Waals surface area contributed by atoms with E-state index < -0.39 is 0 Å². The molecule has 4 nitrogen and oxygen atoms in total. The summed E-state index contributed by atoms with van der Waals surface area (Å²) in [5.41, 5.74) is 1.14. The fourth-order valence-electron chi connectivity index (χ4n) is 2.71. The molecular weight excluding hydrogens is 250 g/mol. The molecular formula is C16H25N3O. The van der Waals surface area contributed by atoms with Gasteiger partial charge in [-0.2, -0.15) is 0 Å². The van der Waals surface area contributed by atoms with Crippen LogP contribution in [0.5, 0.6) is 0 Å². The maximum Gasteiger partial charge on any atom is 0.234 e. The minimum absolute atomic E-state index is 0.120. The summed E-state index contributed by atoms with van der Waals surface area (Å²) in [5.74, 6) is 0.120. The van der Waals surface area contributed by atoms with E-state index in [1.165, 1.54) is 0 Å². The minimum Gasteiger partial charge on any atom is -0.351 e. The van der Waals surface area contributed by atoms with Crippen LogP contribution in [0, 0.1) is 0 Å². The molecule has 2 N–H and O–H groups in total. The van der Waals surface area contributed by atoms with Crippen molar-refractivity contribution in [2.24, 2.45) is 0 Å². The van der Waals surface area contributed by atoms with E-state index in [1.54, 1.807) is 0 Å². The SMILES string of the molecule is CCN(CC(=O)NCc1ccccc1)C1CCNCC1. The van der Waals surface area contributed by atoms with Crippen LogP contribution in [-0.2, 0) is 11.3 Å². The highest BCUT2D eigenvalue weighted by atomic mass is 16.2. The van der Waals surface area contributed by atoms with Crippen LogP contribution in [0.4, 0.5) is 0 Å². The molecule has 2 rings (SSSR count). The maximum atomic E-state index is 12.1. The summed E-state index contributed by atoms with van der Waals surface area (Å²) in [6.45, 7) is 6.31. The first kappa shape index (κ1) is 15.0. The van der Waals surface area contributed by atoms with Crippen LogP contribution in [-0.4, -0.2) is 43.0 Å². The molecule has 0 unspecified atom stereocenters. The molecule has 1 aromatic rings. The summed E-state index contributed by atoms with van der Waals surface area (Å²) in [6.07, 6.45) is 2.28. The lowest BCUT2D eigenvalue weighted by Crippen LogP contribution is -2.47. The van der Waals surface area contributed by atoms with Crippen molar-refractivity contribution in [3.63, 3.8) is 0 Å². The Balaban J connectivity index is 1.77. The number of hydrogen-bond donors (Lipinski definition) is 2. The Bertz CT molecular complexity index is 401. The number of carbonyl (C=O) groups is 1. The van der Waals surface area contributed by atoms with Crippen molar-refractivity contribution >= 4 is 5.91 Å². The van der Waals surface area contributed by atoms with Crippen LogP contribution in [0.1, 0.15) is 25.3 Å². The van der Waals surface area contributed by atoms with Crippen LogP contribution in [0.2, 0.25) is 0 Å². The average Bonchev–Trinajstić information content (AvgIpc) is 2.52. The standard InChI is InChI=1S/C16H25N3O/c1-2-19(15-8-10-17-11-9-15)13-16(20)18-12-14-6-4-3-5-7-14/h3-7,15,17H,2,8-13H2,1H3,(H,18,20). The van der Waals surface area contributed by atoms with E-state index in [0.717, 1.165) is 38.0 Å². The Morgan fingerprint density at radius 2 is 2.00 bits per heavy atom. The number of hydrogen-bond acceptors (Lipinski definition) is 3. The Kier molecular flexibility index (Phi) is 6.02. The Morgan fingerprint density at radius 3 is 2.65 bits per heavy atom. The molecule has 110 valence electrons. The fraction of sp³-hybridized carbons (Fsp3) is 0.562. The van der Waals surface area contributed by atoms with Crippen LogP contribution in [0.15, 0.2) is 30.3 Å². The molecule has 1 aliphatic rings. The van der Waals surface area contributed by atoms with Crippen molar-refractivity contribution in [2.45, 2.75) is 32.4 Å². The summed E-state index contributed by atoms with van der Waals surface area (Å²) < 4.78 is 0. The molecule has 1 fully saturated rings. The third-order valence-electron chi connectivity index (χ3n) is 3.91. The van der Waals surface area contributed by atoms with Crippen LogP contribution >= 0.6 is 0 Å². The zero-order valence-electron chi connectivity index (χ0n) is 12.3. The third-order valence-corrected chi connectivity index (χ3v) is 3.91. The summed E-state index contributed by atoms with van der Waals surface area (Å²) >= 11 is 0. The van der Waals surface area contributed by atoms with E-state index >= 15 is 0 Å². The lowest BCUT2D eigenvalue weighted by Gasteiger charge is -2.33. The topological polar surface area (TPSA) is 44.4 Å². The normalized spacial score (nSPS) is 16.3. The van der Waals surface area contributed by atoms with Gasteiger partial charge in [0.25, 0.3) is 0 Å². The van der Waals surface area contributed by atoms with E-state index in [0.29, 0.717) is 19.1 Å². The Labute approximate surface area is 121 Å². The molecule has 0 aliphatic carbocycles. The van der Waals surface area contributed by atoms with Crippen LogP contribution < -0.4 is 10.6 Å². The monoisotopic (exact) mass is 275 g/mol. The van der Waals surface area contributed by atoms with Gasteiger partial charge in [0, 0.05) is 12.6 Å². The zero-order valence-corrected chi connectivity index (χ0v) is 12.3. The van der Waals surface area contributed by atoms with E-state index in [-0.39, 0.29) is 5.91 Å². The molecule has 1 amide bonds. The minimum atomic E-state index is 0.120. The van der Waals surface area contributed by atoms with E-state index in [2.05, 4.69) is 22.5 Å². The molecule has 20 heavy (non-hydrogen) atoms. The van der Waals surface area contributed by atoms with Gasteiger partial charge in [-0.15, -0.1) is 0 Å². The Hall–Kier alpha value is -1.39. The van der Waals surface area contributed by atoms with Crippen molar-refractivity contribution < 1.29 is 4.79 Å². The van der Waals surface area contributed by atoms with Crippen molar-refractivity contribution in [3.05, 3.63) is 35.9 Å². The predicted molar refractivity (Wildman–Crippen MR) is 81.4 cm³/mol. The molecule has 0 atom stereocenters. The van der Waals surface area contributed by atoms with Gasteiger partial charge >= 0.3 is 0 Å². The van der Waals surface area contributed by atoms with Gasteiger partial charge < -0.3 is 10.6 Å². The van der Waals surface area contributed by atoms with Crippen LogP contribution in [0.25, 0.3) is 0 Å². The molecule has 0 bridgehead atoms. The van der Waals surface area contributed by atoms with Gasteiger partial charge in [0.05, 0.1) is 6.54 Å². The van der Waals surface area contributed by atoms with E-state index in [9.17, 15) is 4.79 Å².